The van der Waals surface area contributed by atoms with Gasteiger partial charge in [-0.3, -0.25) is 14.5 Å². The lowest BCUT2D eigenvalue weighted by molar-refractivity contribution is -0.128. The van der Waals surface area contributed by atoms with E-state index in [9.17, 15) is 9.59 Å². The van der Waals surface area contributed by atoms with Gasteiger partial charge < -0.3 is 19.4 Å². The highest BCUT2D eigenvalue weighted by atomic mass is 16.5. The second-order valence-corrected chi connectivity index (χ2v) is 7.57. The van der Waals surface area contributed by atoms with Crippen molar-refractivity contribution in [2.45, 2.75) is 25.8 Å². The molecule has 1 N–H and O–H groups in total. The Morgan fingerprint density at radius 2 is 1.96 bits per heavy atom. The maximum Gasteiger partial charge on any atom is 0.258 e. The van der Waals surface area contributed by atoms with Crippen molar-refractivity contribution in [2.75, 3.05) is 40.4 Å². The summed E-state index contributed by atoms with van der Waals surface area (Å²) in [5, 5.41) is 0.480. The van der Waals surface area contributed by atoms with E-state index < -0.39 is 0 Å². The minimum absolute atomic E-state index is 0.181. The summed E-state index contributed by atoms with van der Waals surface area (Å²) < 4.78 is 10.6. The lowest BCUT2D eigenvalue weighted by Crippen LogP contribution is -2.32. The summed E-state index contributed by atoms with van der Waals surface area (Å²) in [6, 6.07) is 3.39. The molecule has 2 aliphatic heterocycles. The van der Waals surface area contributed by atoms with E-state index in [1.165, 1.54) is 0 Å². The lowest BCUT2D eigenvalue weighted by atomic mass is 10.1. The summed E-state index contributed by atoms with van der Waals surface area (Å²) in [6.45, 7) is 4.18. The number of nitrogens with zero attached hydrogens (tertiary/aromatic N) is 3. The van der Waals surface area contributed by atoms with E-state index in [1.54, 1.807) is 26.4 Å². The Labute approximate surface area is 163 Å². The summed E-state index contributed by atoms with van der Waals surface area (Å²) in [4.78, 5) is 36.2. The van der Waals surface area contributed by atoms with Crippen molar-refractivity contribution in [1.82, 2.24) is 19.8 Å². The molecular formula is C20H26N4O4. The second-order valence-electron chi connectivity index (χ2n) is 7.57. The van der Waals surface area contributed by atoms with Crippen molar-refractivity contribution in [3.05, 3.63) is 28.3 Å². The zero-order valence-electron chi connectivity index (χ0n) is 16.4. The summed E-state index contributed by atoms with van der Waals surface area (Å²) >= 11 is 0. The van der Waals surface area contributed by atoms with Crippen LogP contribution in [0.5, 0.6) is 11.5 Å². The molecule has 2 aliphatic rings. The fraction of sp³-hybridized carbons (Fsp3) is 0.550. The van der Waals surface area contributed by atoms with E-state index >= 15 is 0 Å². The van der Waals surface area contributed by atoms with Crippen LogP contribution in [0.1, 0.15) is 25.1 Å². The van der Waals surface area contributed by atoms with E-state index in [0.29, 0.717) is 47.1 Å². The monoisotopic (exact) mass is 386 g/mol. The maximum absolute atomic E-state index is 12.5. The van der Waals surface area contributed by atoms with E-state index in [0.717, 1.165) is 39.0 Å². The van der Waals surface area contributed by atoms with Gasteiger partial charge in [-0.2, -0.15) is 0 Å². The molecule has 0 saturated carbocycles. The largest absolute Gasteiger partial charge is 0.493 e. The predicted molar refractivity (Wildman–Crippen MR) is 105 cm³/mol. The minimum Gasteiger partial charge on any atom is -0.493 e. The van der Waals surface area contributed by atoms with E-state index in [4.69, 9.17) is 9.47 Å². The fourth-order valence-electron chi connectivity index (χ4n) is 4.22. The summed E-state index contributed by atoms with van der Waals surface area (Å²) in [5.41, 5.74) is 0.411. The predicted octanol–water partition coefficient (Wildman–Crippen LogP) is 1.38. The number of nitrogens with one attached hydrogen (secondary N) is 1. The zero-order chi connectivity index (χ0) is 19.7. The molecule has 150 valence electrons. The molecule has 0 spiro atoms. The minimum atomic E-state index is -0.181. The first-order valence-corrected chi connectivity index (χ1v) is 9.72. The molecule has 4 rings (SSSR count). The molecule has 3 heterocycles. The third-order valence-electron chi connectivity index (χ3n) is 5.65. The SMILES string of the molecule is COc1cc2nc(CN3CCC(CN4CCCC4=O)C3)[nH]c(=O)c2cc1OC. The number of ether oxygens (including phenoxy) is 2. The van der Waals surface area contributed by atoms with Gasteiger partial charge in [0.1, 0.15) is 5.82 Å². The Balaban J connectivity index is 1.47. The molecule has 0 bridgehead atoms. The van der Waals surface area contributed by atoms with Crippen LogP contribution in [0.4, 0.5) is 0 Å². The van der Waals surface area contributed by atoms with Gasteiger partial charge in [-0.15, -0.1) is 0 Å². The van der Waals surface area contributed by atoms with Crippen molar-refractivity contribution >= 4 is 16.8 Å². The summed E-state index contributed by atoms with van der Waals surface area (Å²) in [5.74, 6) is 2.47. The molecule has 1 amide bonds. The van der Waals surface area contributed by atoms with Gasteiger partial charge in [-0.05, 0) is 31.4 Å². The van der Waals surface area contributed by atoms with Crippen LogP contribution in [0.3, 0.4) is 0 Å². The molecule has 8 heteroatoms. The van der Waals surface area contributed by atoms with Crippen LogP contribution in [0.2, 0.25) is 0 Å². The van der Waals surface area contributed by atoms with E-state index in [1.807, 2.05) is 4.90 Å². The molecule has 1 aromatic carbocycles. The lowest BCUT2D eigenvalue weighted by Gasteiger charge is -2.21. The Hall–Kier alpha value is -2.61. The number of hydrogen-bond acceptors (Lipinski definition) is 6. The first-order valence-electron chi connectivity index (χ1n) is 9.72. The molecule has 2 saturated heterocycles. The number of likely N-dealkylation sites (tertiary alicyclic amines) is 2. The van der Waals surface area contributed by atoms with E-state index in [-0.39, 0.29) is 11.5 Å². The molecule has 2 fully saturated rings. The third-order valence-corrected chi connectivity index (χ3v) is 5.65. The number of methoxy groups -OCH3 is 2. The molecule has 28 heavy (non-hydrogen) atoms. The van der Waals surface area contributed by atoms with Crippen LogP contribution in [-0.2, 0) is 11.3 Å². The second kappa shape index (κ2) is 7.79. The Morgan fingerprint density at radius 3 is 2.68 bits per heavy atom. The van der Waals surface area contributed by atoms with Gasteiger partial charge in [-0.1, -0.05) is 0 Å². The highest BCUT2D eigenvalue weighted by Gasteiger charge is 2.28. The number of H-pyrrole nitrogens is 1. The van der Waals surface area contributed by atoms with Crippen LogP contribution in [0, 0.1) is 5.92 Å². The Bertz CT molecular complexity index is 942. The number of carbonyl (C=O) groups is 1. The molecular weight excluding hydrogens is 360 g/mol. The third kappa shape index (κ3) is 3.69. The molecule has 1 atom stereocenters. The van der Waals surface area contributed by atoms with Crippen LogP contribution in [0.25, 0.3) is 10.9 Å². The standard InChI is InChI=1S/C20H26N4O4/c1-27-16-8-14-15(9-17(16)28-2)21-18(22-20(14)26)12-23-7-5-13(10-23)11-24-6-3-4-19(24)25/h8-9,13H,3-7,10-12H2,1-2H3,(H,21,22,26). The molecule has 8 nitrogen and oxygen atoms in total. The first kappa shape index (κ1) is 18.7. The molecule has 1 aromatic heterocycles. The Morgan fingerprint density at radius 1 is 1.18 bits per heavy atom. The number of fused-ring (bicyclic) bond motifs is 1. The quantitative estimate of drug-likeness (QED) is 0.807. The Kier molecular flexibility index (Phi) is 5.21. The number of amides is 1. The van der Waals surface area contributed by atoms with Crippen molar-refractivity contribution in [3.8, 4) is 11.5 Å². The van der Waals surface area contributed by atoms with Crippen LogP contribution < -0.4 is 15.0 Å². The van der Waals surface area contributed by atoms with Crippen molar-refractivity contribution < 1.29 is 14.3 Å². The highest BCUT2D eigenvalue weighted by molar-refractivity contribution is 5.81. The van der Waals surface area contributed by atoms with Crippen molar-refractivity contribution in [1.29, 1.82) is 0 Å². The summed E-state index contributed by atoms with van der Waals surface area (Å²) in [7, 11) is 3.10. The molecule has 0 aliphatic carbocycles. The number of aromatic nitrogens is 2. The van der Waals surface area contributed by atoms with Gasteiger partial charge in [0, 0.05) is 32.1 Å². The zero-order valence-corrected chi connectivity index (χ0v) is 16.4. The fourth-order valence-corrected chi connectivity index (χ4v) is 4.22. The van der Waals surface area contributed by atoms with Gasteiger partial charge in [0.2, 0.25) is 5.91 Å². The number of aromatic amines is 1. The topological polar surface area (TPSA) is 87.8 Å². The van der Waals surface area contributed by atoms with Gasteiger partial charge in [-0.25, -0.2) is 4.98 Å². The number of benzene rings is 1. The van der Waals surface area contributed by atoms with Crippen LogP contribution >= 0.6 is 0 Å². The highest BCUT2D eigenvalue weighted by Crippen LogP contribution is 2.30. The molecule has 2 aromatic rings. The number of rotatable bonds is 6. The van der Waals surface area contributed by atoms with Gasteiger partial charge >= 0.3 is 0 Å². The van der Waals surface area contributed by atoms with E-state index in [2.05, 4.69) is 14.9 Å². The van der Waals surface area contributed by atoms with Gasteiger partial charge in [0.25, 0.3) is 5.56 Å². The number of hydrogen-bond donors (Lipinski definition) is 1. The summed E-state index contributed by atoms with van der Waals surface area (Å²) in [6.07, 6.45) is 2.73. The normalized spacial score (nSPS) is 20.3. The average Bonchev–Trinajstić information content (AvgIpc) is 3.30. The van der Waals surface area contributed by atoms with Crippen LogP contribution in [-0.4, -0.2) is 66.1 Å². The van der Waals surface area contributed by atoms with Crippen molar-refractivity contribution in [3.63, 3.8) is 0 Å². The molecule has 0 radical (unpaired) electrons. The van der Waals surface area contributed by atoms with Gasteiger partial charge in [0.15, 0.2) is 11.5 Å². The first-order chi connectivity index (χ1) is 13.6. The maximum atomic E-state index is 12.5. The molecule has 1 unspecified atom stereocenters. The smallest absolute Gasteiger partial charge is 0.258 e. The van der Waals surface area contributed by atoms with Crippen LogP contribution in [0.15, 0.2) is 16.9 Å². The van der Waals surface area contributed by atoms with Crippen molar-refractivity contribution in [2.24, 2.45) is 5.92 Å². The van der Waals surface area contributed by atoms with Gasteiger partial charge in [0.05, 0.1) is 31.7 Å². The number of carbonyl (C=O) groups excluding carboxylic acids is 1. The average molecular weight is 386 g/mol.